The molecule has 0 aliphatic rings. The SMILES string of the molecule is CNc1c(C(=O)c2c(F)cccc2F)c(C)nn1C.Cl. The van der Waals surface area contributed by atoms with Crippen molar-refractivity contribution >= 4 is 24.0 Å². The van der Waals surface area contributed by atoms with Gasteiger partial charge >= 0.3 is 0 Å². The van der Waals surface area contributed by atoms with Gasteiger partial charge in [-0.1, -0.05) is 6.07 Å². The quantitative estimate of drug-likeness (QED) is 0.887. The number of nitrogens with zero attached hydrogens (tertiary/aromatic N) is 2. The van der Waals surface area contributed by atoms with Crippen LogP contribution in [0.2, 0.25) is 0 Å². The van der Waals surface area contributed by atoms with Gasteiger partial charge in [-0.15, -0.1) is 12.4 Å². The minimum absolute atomic E-state index is 0. The van der Waals surface area contributed by atoms with Crippen molar-refractivity contribution in [3.8, 4) is 0 Å². The van der Waals surface area contributed by atoms with Crippen molar-refractivity contribution in [1.29, 1.82) is 0 Å². The molecule has 0 aliphatic heterocycles. The number of aryl methyl sites for hydroxylation is 2. The van der Waals surface area contributed by atoms with Crippen molar-refractivity contribution in [3.05, 3.63) is 46.7 Å². The van der Waals surface area contributed by atoms with Crippen molar-refractivity contribution in [1.82, 2.24) is 9.78 Å². The fraction of sp³-hybridized carbons (Fsp3) is 0.231. The first-order valence-corrected chi connectivity index (χ1v) is 5.67. The van der Waals surface area contributed by atoms with Crippen LogP contribution in [0.4, 0.5) is 14.6 Å². The Morgan fingerprint density at radius 3 is 2.30 bits per heavy atom. The zero-order valence-corrected chi connectivity index (χ0v) is 12.0. The third-order valence-electron chi connectivity index (χ3n) is 2.88. The van der Waals surface area contributed by atoms with Crippen molar-refractivity contribution in [2.24, 2.45) is 7.05 Å². The van der Waals surface area contributed by atoms with E-state index < -0.39 is 23.0 Å². The van der Waals surface area contributed by atoms with E-state index in [2.05, 4.69) is 10.4 Å². The molecule has 0 fully saturated rings. The average molecular weight is 302 g/mol. The van der Waals surface area contributed by atoms with Crippen molar-refractivity contribution in [2.45, 2.75) is 6.92 Å². The summed E-state index contributed by atoms with van der Waals surface area (Å²) in [6.07, 6.45) is 0. The van der Waals surface area contributed by atoms with Gasteiger partial charge in [0.05, 0.1) is 16.8 Å². The van der Waals surface area contributed by atoms with E-state index in [4.69, 9.17) is 0 Å². The molecular weight excluding hydrogens is 288 g/mol. The van der Waals surface area contributed by atoms with Gasteiger partial charge in [0.2, 0.25) is 5.78 Å². The van der Waals surface area contributed by atoms with Gasteiger partial charge in [-0.25, -0.2) is 8.78 Å². The molecule has 0 saturated heterocycles. The van der Waals surface area contributed by atoms with Gasteiger partial charge in [0.1, 0.15) is 17.5 Å². The minimum Gasteiger partial charge on any atom is -0.373 e. The average Bonchev–Trinajstić information content (AvgIpc) is 2.62. The molecule has 0 saturated carbocycles. The third-order valence-corrected chi connectivity index (χ3v) is 2.88. The van der Waals surface area contributed by atoms with Crippen molar-refractivity contribution in [2.75, 3.05) is 12.4 Å². The highest BCUT2D eigenvalue weighted by molar-refractivity contribution is 6.13. The molecule has 1 N–H and O–H groups in total. The molecule has 0 spiro atoms. The van der Waals surface area contributed by atoms with Crippen molar-refractivity contribution in [3.63, 3.8) is 0 Å². The topological polar surface area (TPSA) is 46.9 Å². The number of carbonyl (C=O) groups excluding carboxylic acids is 1. The van der Waals surface area contributed by atoms with E-state index in [0.717, 1.165) is 12.1 Å². The number of nitrogens with one attached hydrogen (secondary N) is 1. The second kappa shape index (κ2) is 6.00. The lowest BCUT2D eigenvalue weighted by Crippen LogP contribution is -2.11. The van der Waals surface area contributed by atoms with Gasteiger partial charge in [-0.3, -0.25) is 9.48 Å². The molecule has 1 aromatic heterocycles. The van der Waals surface area contributed by atoms with Gasteiger partial charge in [-0.2, -0.15) is 5.10 Å². The summed E-state index contributed by atoms with van der Waals surface area (Å²) in [7, 11) is 3.26. The highest BCUT2D eigenvalue weighted by Crippen LogP contribution is 2.24. The summed E-state index contributed by atoms with van der Waals surface area (Å²) in [5, 5.41) is 6.89. The molecule has 2 rings (SSSR count). The van der Waals surface area contributed by atoms with Crippen LogP contribution in [-0.4, -0.2) is 22.6 Å². The molecule has 7 heteroatoms. The van der Waals surface area contributed by atoms with E-state index in [1.165, 1.54) is 10.7 Å². The van der Waals surface area contributed by atoms with E-state index in [9.17, 15) is 13.6 Å². The van der Waals surface area contributed by atoms with Crippen LogP contribution in [0, 0.1) is 18.6 Å². The van der Waals surface area contributed by atoms with Crippen LogP contribution in [0.3, 0.4) is 0 Å². The molecule has 20 heavy (non-hydrogen) atoms. The Hall–Kier alpha value is -1.95. The van der Waals surface area contributed by atoms with Gasteiger partial charge in [0, 0.05) is 14.1 Å². The molecule has 1 aromatic carbocycles. The van der Waals surface area contributed by atoms with E-state index in [-0.39, 0.29) is 18.0 Å². The first-order chi connectivity index (χ1) is 8.97. The largest absolute Gasteiger partial charge is 0.373 e. The summed E-state index contributed by atoms with van der Waals surface area (Å²) in [5.41, 5.74) is 0.0311. The number of carbonyl (C=O) groups is 1. The predicted octanol–water partition coefficient (Wildman–Crippen LogP) is 2.70. The first kappa shape index (κ1) is 16.1. The van der Waals surface area contributed by atoms with Gasteiger partial charge in [0.15, 0.2) is 0 Å². The summed E-state index contributed by atoms with van der Waals surface area (Å²) >= 11 is 0. The summed E-state index contributed by atoms with van der Waals surface area (Å²) < 4.78 is 28.8. The minimum atomic E-state index is -0.879. The molecule has 0 aliphatic carbocycles. The lowest BCUT2D eigenvalue weighted by molar-refractivity contribution is 0.103. The summed E-state index contributed by atoms with van der Waals surface area (Å²) in [6.45, 7) is 1.62. The van der Waals surface area contributed by atoms with Crippen LogP contribution in [0.15, 0.2) is 18.2 Å². The van der Waals surface area contributed by atoms with Crippen LogP contribution in [0.1, 0.15) is 21.6 Å². The number of rotatable bonds is 3. The Kier molecular flexibility index (Phi) is 4.83. The number of aromatic nitrogens is 2. The Balaban J connectivity index is 0.00000200. The van der Waals surface area contributed by atoms with Crippen molar-refractivity contribution < 1.29 is 13.6 Å². The van der Waals surface area contributed by atoms with Gasteiger partial charge < -0.3 is 5.32 Å². The monoisotopic (exact) mass is 301 g/mol. The Bertz CT molecular complexity index is 635. The second-order valence-electron chi connectivity index (χ2n) is 4.11. The van der Waals surface area contributed by atoms with E-state index in [0.29, 0.717) is 11.5 Å². The zero-order valence-electron chi connectivity index (χ0n) is 11.2. The maximum absolute atomic E-state index is 13.7. The summed E-state index contributed by atoms with van der Waals surface area (Å²) in [5.74, 6) is -2.05. The number of halogens is 3. The lowest BCUT2D eigenvalue weighted by atomic mass is 10.0. The predicted molar refractivity (Wildman–Crippen MR) is 74.5 cm³/mol. The smallest absolute Gasteiger partial charge is 0.204 e. The van der Waals surface area contributed by atoms with Gasteiger partial charge in [-0.05, 0) is 19.1 Å². The zero-order chi connectivity index (χ0) is 14.2. The van der Waals surface area contributed by atoms with Crippen LogP contribution < -0.4 is 5.32 Å². The molecule has 0 amide bonds. The molecule has 0 bridgehead atoms. The van der Waals surface area contributed by atoms with E-state index in [1.807, 2.05) is 0 Å². The Morgan fingerprint density at radius 2 is 1.80 bits per heavy atom. The summed E-state index contributed by atoms with van der Waals surface area (Å²) in [4.78, 5) is 12.3. The molecule has 4 nitrogen and oxygen atoms in total. The third kappa shape index (κ3) is 2.51. The standard InChI is InChI=1S/C13H13F2N3O.ClH/c1-7-10(13(16-2)18(3)17-7)12(19)11-8(14)5-4-6-9(11)15;/h4-6,16H,1-3H3;1H. The number of hydrogen-bond donors (Lipinski definition) is 1. The lowest BCUT2D eigenvalue weighted by Gasteiger charge is -2.06. The van der Waals surface area contributed by atoms with Crippen LogP contribution in [0.25, 0.3) is 0 Å². The molecule has 0 atom stereocenters. The molecule has 0 unspecified atom stereocenters. The highest BCUT2D eigenvalue weighted by Gasteiger charge is 2.25. The first-order valence-electron chi connectivity index (χ1n) is 5.67. The molecular formula is C13H14ClF2N3O. The van der Waals surface area contributed by atoms with Crippen LogP contribution in [0.5, 0.6) is 0 Å². The van der Waals surface area contributed by atoms with E-state index >= 15 is 0 Å². The maximum atomic E-state index is 13.7. The summed E-state index contributed by atoms with van der Waals surface area (Å²) in [6, 6.07) is 3.33. The highest BCUT2D eigenvalue weighted by atomic mass is 35.5. The molecule has 0 radical (unpaired) electrons. The molecule has 108 valence electrons. The fourth-order valence-electron chi connectivity index (χ4n) is 2.06. The van der Waals surface area contributed by atoms with Gasteiger partial charge in [0.25, 0.3) is 0 Å². The van der Waals surface area contributed by atoms with Crippen LogP contribution in [-0.2, 0) is 7.05 Å². The number of hydrogen-bond acceptors (Lipinski definition) is 3. The normalized spacial score (nSPS) is 10.1. The molecule has 1 heterocycles. The Morgan fingerprint density at radius 1 is 1.25 bits per heavy atom. The Labute approximate surface area is 121 Å². The second-order valence-corrected chi connectivity index (χ2v) is 4.11. The van der Waals surface area contributed by atoms with E-state index in [1.54, 1.807) is 21.0 Å². The van der Waals surface area contributed by atoms with Crippen LogP contribution >= 0.6 is 12.4 Å². The number of anilines is 1. The number of benzene rings is 1. The number of ketones is 1. The molecule has 2 aromatic rings. The fourth-order valence-corrected chi connectivity index (χ4v) is 2.06. The maximum Gasteiger partial charge on any atom is 0.204 e.